The van der Waals surface area contributed by atoms with Crippen LogP contribution in [0.25, 0.3) is 11.4 Å². The molecule has 1 amide bonds. The molecule has 1 aromatic heterocycles. The largest absolute Gasteiger partial charge is 0.454 e. The number of amides is 1. The zero-order valence-electron chi connectivity index (χ0n) is 16.9. The molecular weight excluding hydrogens is 424 g/mol. The number of carbonyl (C=O) groups is 1. The highest BCUT2D eigenvalue weighted by molar-refractivity contribution is 7.92. The third-order valence-electron chi connectivity index (χ3n) is 4.62. The SMILES string of the molecule is CN(Cc1nc(-c2ccccc2)no1)C(=O)CN(c1ccc2c(c1)OCO2)S(C)(=O)=O. The van der Waals surface area contributed by atoms with Crippen LogP contribution >= 0.6 is 0 Å². The number of likely N-dealkylation sites (N-methyl/N-ethyl adjacent to an activating group) is 1. The third kappa shape index (κ3) is 4.61. The summed E-state index contributed by atoms with van der Waals surface area (Å²) in [6.45, 7) is -0.291. The maximum atomic E-state index is 12.8. The predicted octanol–water partition coefficient (Wildman–Crippen LogP) is 1.89. The van der Waals surface area contributed by atoms with Gasteiger partial charge in [0.25, 0.3) is 0 Å². The highest BCUT2D eigenvalue weighted by atomic mass is 32.2. The van der Waals surface area contributed by atoms with E-state index in [1.807, 2.05) is 30.3 Å². The first-order chi connectivity index (χ1) is 14.8. The summed E-state index contributed by atoms with van der Waals surface area (Å²) in [6, 6.07) is 14.0. The second-order valence-electron chi connectivity index (χ2n) is 6.93. The summed E-state index contributed by atoms with van der Waals surface area (Å²) in [6.07, 6.45) is 1.04. The molecule has 162 valence electrons. The standard InChI is InChI=1S/C20H20N4O6S/c1-23(11-18-21-20(22-30-18)14-6-4-3-5-7-14)19(25)12-24(31(2,26)27)15-8-9-16-17(10-15)29-13-28-16/h3-10H,11-13H2,1-2H3. The van der Waals surface area contributed by atoms with Crippen molar-refractivity contribution >= 4 is 21.6 Å². The number of rotatable bonds is 7. The molecule has 0 N–H and O–H groups in total. The number of ether oxygens (including phenoxy) is 2. The number of hydrogen-bond acceptors (Lipinski definition) is 8. The second-order valence-corrected chi connectivity index (χ2v) is 8.84. The topological polar surface area (TPSA) is 115 Å². The lowest BCUT2D eigenvalue weighted by Crippen LogP contribution is -2.41. The minimum absolute atomic E-state index is 0.0391. The van der Waals surface area contributed by atoms with Gasteiger partial charge < -0.3 is 18.9 Å². The van der Waals surface area contributed by atoms with Gasteiger partial charge in [0, 0.05) is 18.7 Å². The number of anilines is 1. The van der Waals surface area contributed by atoms with Crippen LogP contribution in [0.4, 0.5) is 5.69 Å². The molecule has 0 atom stereocenters. The van der Waals surface area contributed by atoms with Crippen LogP contribution in [0.15, 0.2) is 53.1 Å². The van der Waals surface area contributed by atoms with Gasteiger partial charge in [-0.05, 0) is 12.1 Å². The number of benzene rings is 2. The quantitative estimate of drug-likeness (QED) is 0.543. The molecule has 0 radical (unpaired) electrons. The molecule has 0 aliphatic carbocycles. The van der Waals surface area contributed by atoms with E-state index < -0.39 is 22.5 Å². The van der Waals surface area contributed by atoms with Gasteiger partial charge in [-0.3, -0.25) is 9.10 Å². The number of nitrogens with zero attached hydrogens (tertiary/aromatic N) is 4. The molecule has 3 aromatic rings. The van der Waals surface area contributed by atoms with E-state index in [1.165, 1.54) is 18.0 Å². The van der Waals surface area contributed by atoms with Gasteiger partial charge in [0.05, 0.1) is 18.5 Å². The Morgan fingerprint density at radius 1 is 1.10 bits per heavy atom. The van der Waals surface area contributed by atoms with Crippen LogP contribution in [0.1, 0.15) is 5.89 Å². The van der Waals surface area contributed by atoms with Crippen molar-refractivity contribution in [2.75, 3.05) is 30.9 Å². The van der Waals surface area contributed by atoms with Crippen LogP contribution < -0.4 is 13.8 Å². The fourth-order valence-corrected chi connectivity index (χ4v) is 3.84. The maximum Gasteiger partial charge on any atom is 0.246 e. The summed E-state index contributed by atoms with van der Waals surface area (Å²) in [5, 5.41) is 3.92. The van der Waals surface area contributed by atoms with E-state index in [2.05, 4.69) is 10.1 Å². The highest BCUT2D eigenvalue weighted by Gasteiger charge is 2.25. The molecule has 0 fully saturated rings. The van der Waals surface area contributed by atoms with Crippen molar-refractivity contribution < 1.29 is 27.2 Å². The molecule has 2 aromatic carbocycles. The lowest BCUT2D eigenvalue weighted by Gasteiger charge is -2.24. The van der Waals surface area contributed by atoms with Crippen LogP contribution in [0, 0.1) is 0 Å². The summed E-state index contributed by atoms with van der Waals surface area (Å²) in [5.41, 5.74) is 1.09. The Hall–Kier alpha value is -3.60. The molecule has 1 aliphatic rings. The van der Waals surface area contributed by atoms with Gasteiger partial charge in [0.2, 0.25) is 34.4 Å². The van der Waals surface area contributed by atoms with E-state index in [4.69, 9.17) is 14.0 Å². The van der Waals surface area contributed by atoms with Crippen molar-refractivity contribution in [2.45, 2.75) is 6.54 Å². The Morgan fingerprint density at radius 3 is 2.58 bits per heavy atom. The van der Waals surface area contributed by atoms with Crippen molar-refractivity contribution in [2.24, 2.45) is 0 Å². The molecule has 2 heterocycles. The van der Waals surface area contributed by atoms with E-state index >= 15 is 0 Å². The Balaban J connectivity index is 1.47. The van der Waals surface area contributed by atoms with Crippen LogP contribution in [0.2, 0.25) is 0 Å². The minimum atomic E-state index is -3.73. The van der Waals surface area contributed by atoms with Crippen molar-refractivity contribution in [1.29, 1.82) is 0 Å². The Labute approximate surface area is 179 Å². The van der Waals surface area contributed by atoms with E-state index in [9.17, 15) is 13.2 Å². The molecule has 1 aliphatic heterocycles. The van der Waals surface area contributed by atoms with Crippen LogP contribution in [0.5, 0.6) is 11.5 Å². The summed E-state index contributed by atoms with van der Waals surface area (Å²) in [5.74, 6) is 1.15. The van der Waals surface area contributed by atoms with E-state index in [0.29, 0.717) is 23.0 Å². The minimum Gasteiger partial charge on any atom is -0.454 e. The molecule has 4 rings (SSSR count). The average molecular weight is 444 g/mol. The summed E-state index contributed by atoms with van der Waals surface area (Å²) < 4.78 is 41.5. The van der Waals surface area contributed by atoms with E-state index in [-0.39, 0.29) is 19.2 Å². The van der Waals surface area contributed by atoms with Crippen molar-refractivity contribution in [3.8, 4) is 22.9 Å². The number of carbonyl (C=O) groups excluding carboxylic acids is 1. The molecule has 0 saturated heterocycles. The fourth-order valence-electron chi connectivity index (χ4n) is 3.00. The second kappa shape index (κ2) is 8.26. The summed E-state index contributed by atoms with van der Waals surface area (Å²) in [4.78, 5) is 18.4. The molecule has 0 bridgehead atoms. The fraction of sp³-hybridized carbons (Fsp3) is 0.250. The zero-order valence-corrected chi connectivity index (χ0v) is 17.7. The number of aromatic nitrogens is 2. The molecule has 10 nitrogen and oxygen atoms in total. The molecule has 0 spiro atoms. The smallest absolute Gasteiger partial charge is 0.246 e. The first kappa shape index (κ1) is 20.7. The molecule has 0 unspecified atom stereocenters. The predicted molar refractivity (Wildman–Crippen MR) is 111 cm³/mol. The van der Waals surface area contributed by atoms with E-state index in [0.717, 1.165) is 16.1 Å². The summed E-state index contributed by atoms with van der Waals surface area (Å²) >= 11 is 0. The number of hydrogen-bond donors (Lipinski definition) is 0. The van der Waals surface area contributed by atoms with Gasteiger partial charge in [0.15, 0.2) is 11.5 Å². The Bertz CT molecular complexity index is 1200. The third-order valence-corrected chi connectivity index (χ3v) is 5.76. The lowest BCUT2D eigenvalue weighted by molar-refractivity contribution is -0.129. The van der Waals surface area contributed by atoms with Crippen molar-refractivity contribution in [1.82, 2.24) is 15.0 Å². The van der Waals surface area contributed by atoms with Gasteiger partial charge in [-0.2, -0.15) is 4.98 Å². The molecule has 31 heavy (non-hydrogen) atoms. The first-order valence-electron chi connectivity index (χ1n) is 9.30. The average Bonchev–Trinajstić information content (AvgIpc) is 3.40. The van der Waals surface area contributed by atoms with Crippen LogP contribution in [0.3, 0.4) is 0 Å². The van der Waals surface area contributed by atoms with Crippen molar-refractivity contribution in [3.63, 3.8) is 0 Å². The number of fused-ring (bicyclic) bond motifs is 1. The van der Waals surface area contributed by atoms with Gasteiger partial charge in [0.1, 0.15) is 6.54 Å². The lowest BCUT2D eigenvalue weighted by atomic mass is 10.2. The van der Waals surface area contributed by atoms with Crippen LogP contribution in [-0.4, -0.2) is 56.0 Å². The molecule has 0 saturated carbocycles. The molecular formula is C20H20N4O6S. The van der Waals surface area contributed by atoms with Gasteiger partial charge >= 0.3 is 0 Å². The highest BCUT2D eigenvalue weighted by Crippen LogP contribution is 2.36. The number of sulfonamides is 1. The van der Waals surface area contributed by atoms with Crippen molar-refractivity contribution in [3.05, 3.63) is 54.4 Å². The Morgan fingerprint density at radius 2 is 1.84 bits per heavy atom. The Kier molecular flexibility index (Phi) is 5.51. The van der Waals surface area contributed by atoms with Crippen LogP contribution in [-0.2, 0) is 21.4 Å². The maximum absolute atomic E-state index is 12.8. The van der Waals surface area contributed by atoms with Gasteiger partial charge in [-0.15, -0.1) is 0 Å². The van der Waals surface area contributed by atoms with Gasteiger partial charge in [-0.25, -0.2) is 8.42 Å². The normalized spacial score (nSPS) is 12.6. The van der Waals surface area contributed by atoms with Gasteiger partial charge in [-0.1, -0.05) is 35.5 Å². The first-order valence-corrected chi connectivity index (χ1v) is 11.2. The summed E-state index contributed by atoms with van der Waals surface area (Å²) in [7, 11) is -2.19. The monoisotopic (exact) mass is 444 g/mol. The van der Waals surface area contributed by atoms with E-state index in [1.54, 1.807) is 12.1 Å². The molecule has 11 heteroatoms. The zero-order chi connectivity index (χ0) is 22.0.